The fourth-order valence-corrected chi connectivity index (χ4v) is 1.13. The Morgan fingerprint density at radius 2 is 1.81 bits per heavy atom. The van der Waals surface area contributed by atoms with Crippen LogP contribution in [0.15, 0.2) is 23.0 Å². The predicted molar refractivity (Wildman–Crippen MR) is 70.1 cm³/mol. The van der Waals surface area contributed by atoms with Crippen LogP contribution in [-0.2, 0) is 9.53 Å². The molecule has 0 bridgehead atoms. The number of hydrogen-bond acceptors (Lipinski definition) is 4. The topological polar surface area (TPSA) is 46.5 Å². The molecule has 16 heavy (non-hydrogen) atoms. The number of thioether (sulfide) groups is 1. The summed E-state index contributed by atoms with van der Waals surface area (Å²) in [6.45, 7) is 15.0. The van der Waals surface area contributed by atoms with Crippen LogP contribution in [0.25, 0.3) is 0 Å². The molecule has 4 heteroatoms. The van der Waals surface area contributed by atoms with Gasteiger partial charge in [-0.3, -0.25) is 0 Å². The minimum Gasteiger partial charge on any atom is -0.462 e. The zero-order valence-corrected chi connectivity index (χ0v) is 11.4. The SMILES string of the molecule is C=C(SC(=C)C(C)O)C(=O)OCC.CCC. The zero-order valence-electron chi connectivity index (χ0n) is 10.6. The van der Waals surface area contributed by atoms with E-state index in [-0.39, 0.29) is 4.91 Å². The van der Waals surface area contributed by atoms with Crippen LogP contribution in [0.5, 0.6) is 0 Å². The van der Waals surface area contributed by atoms with Crippen LogP contribution in [0.4, 0.5) is 0 Å². The Kier molecular flexibility index (Phi) is 11.9. The van der Waals surface area contributed by atoms with Crippen LogP contribution in [0, 0.1) is 0 Å². The first kappa shape index (κ1) is 17.6. The molecule has 3 nitrogen and oxygen atoms in total. The van der Waals surface area contributed by atoms with Gasteiger partial charge < -0.3 is 9.84 Å². The Balaban J connectivity index is 0. The molecule has 1 N–H and O–H groups in total. The lowest BCUT2D eigenvalue weighted by Crippen LogP contribution is -2.07. The summed E-state index contributed by atoms with van der Waals surface area (Å²) < 4.78 is 4.70. The highest BCUT2D eigenvalue weighted by molar-refractivity contribution is 8.07. The van der Waals surface area contributed by atoms with E-state index in [9.17, 15) is 4.79 Å². The van der Waals surface area contributed by atoms with Crippen LogP contribution in [0.3, 0.4) is 0 Å². The lowest BCUT2D eigenvalue weighted by Gasteiger charge is -2.08. The van der Waals surface area contributed by atoms with Gasteiger partial charge in [-0.15, -0.1) is 0 Å². The number of aliphatic hydroxyl groups excluding tert-OH is 1. The highest BCUT2D eigenvalue weighted by Gasteiger charge is 2.12. The Bertz CT molecular complexity index is 234. The van der Waals surface area contributed by atoms with E-state index in [0.29, 0.717) is 11.5 Å². The van der Waals surface area contributed by atoms with Gasteiger partial charge in [0.25, 0.3) is 0 Å². The molecule has 0 saturated carbocycles. The van der Waals surface area contributed by atoms with Crippen molar-refractivity contribution in [2.24, 2.45) is 0 Å². The average molecular weight is 246 g/mol. The number of carbonyl (C=O) groups excluding carboxylic acids is 1. The molecular weight excluding hydrogens is 224 g/mol. The van der Waals surface area contributed by atoms with Gasteiger partial charge in [-0.25, -0.2) is 4.79 Å². The second-order valence-electron chi connectivity index (χ2n) is 3.10. The zero-order chi connectivity index (χ0) is 13.1. The van der Waals surface area contributed by atoms with Gasteiger partial charge in [-0.1, -0.05) is 45.2 Å². The summed E-state index contributed by atoms with van der Waals surface area (Å²) in [6.07, 6.45) is 0.594. The molecule has 0 heterocycles. The summed E-state index contributed by atoms with van der Waals surface area (Å²) in [5, 5.41) is 9.07. The largest absolute Gasteiger partial charge is 0.462 e. The van der Waals surface area contributed by atoms with Gasteiger partial charge in [-0.05, 0) is 13.8 Å². The smallest absolute Gasteiger partial charge is 0.344 e. The fraction of sp³-hybridized carbons (Fsp3) is 0.583. The quantitative estimate of drug-likeness (QED) is 0.598. The molecule has 1 unspecified atom stereocenters. The first-order valence-corrected chi connectivity index (χ1v) is 6.12. The maximum absolute atomic E-state index is 11.0. The lowest BCUT2D eigenvalue weighted by molar-refractivity contribution is -0.137. The normalized spacial score (nSPS) is 10.8. The van der Waals surface area contributed by atoms with Crippen LogP contribution >= 0.6 is 11.8 Å². The molecule has 0 radical (unpaired) electrons. The van der Waals surface area contributed by atoms with Crippen molar-refractivity contribution in [3.05, 3.63) is 23.0 Å². The Morgan fingerprint density at radius 1 is 1.38 bits per heavy atom. The van der Waals surface area contributed by atoms with Gasteiger partial charge in [0, 0.05) is 4.91 Å². The van der Waals surface area contributed by atoms with Crippen LogP contribution in [0.1, 0.15) is 34.1 Å². The monoisotopic (exact) mass is 246 g/mol. The van der Waals surface area contributed by atoms with E-state index in [2.05, 4.69) is 27.0 Å². The summed E-state index contributed by atoms with van der Waals surface area (Å²) in [5.74, 6) is -0.464. The first-order chi connectivity index (χ1) is 7.40. The first-order valence-electron chi connectivity index (χ1n) is 5.31. The standard InChI is InChI=1S/C9H14O3S.C3H8/c1-5-12-9(11)8(4)13-7(3)6(2)10;1-3-2/h6,10H,3-5H2,1-2H3;3H2,1-2H3. The van der Waals surface area contributed by atoms with Crippen molar-refractivity contribution in [2.75, 3.05) is 6.61 Å². The summed E-state index contributed by atoms with van der Waals surface area (Å²) in [7, 11) is 0. The van der Waals surface area contributed by atoms with Gasteiger partial charge in [0.1, 0.15) is 0 Å². The molecule has 94 valence electrons. The van der Waals surface area contributed by atoms with Gasteiger partial charge in [0.05, 0.1) is 17.6 Å². The molecule has 0 fully saturated rings. The van der Waals surface area contributed by atoms with Gasteiger partial charge >= 0.3 is 5.97 Å². The molecule has 0 spiro atoms. The van der Waals surface area contributed by atoms with E-state index < -0.39 is 12.1 Å². The molecule has 0 amide bonds. The van der Waals surface area contributed by atoms with Crippen molar-refractivity contribution >= 4 is 17.7 Å². The molecule has 0 aliphatic rings. The molecule has 0 rings (SSSR count). The van der Waals surface area contributed by atoms with E-state index in [0.717, 1.165) is 11.8 Å². The summed E-state index contributed by atoms with van der Waals surface area (Å²) in [6, 6.07) is 0. The molecule has 0 aliphatic heterocycles. The van der Waals surface area contributed by atoms with Crippen molar-refractivity contribution in [3.8, 4) is 0 Å². The molecule has 0 aliphatic carbocycles. The van der Waals surface area contributed by atoms with Gasteiger partial charge in [0.15, 0.2) is 0 Å². The average Bonchev–Trinajstić information content (AvgIpc) is 2.18. The second kappa shape index (κ2) is 10.8. The fourth-order valence-electron chi connectivity index (χ4n) is 0.497. The third-order valence-electron chi connectivity index (χ3n) is 1.22. The third kappa shape index (κ3) is 9.80. The maximum atomic E-state index is 11.0. The summed E-state index contributed by atoms with van der Waals surface area (Å²) in [4.78, 5) is 11.8. The molecule has 0 aromatic rings. The molecular formula is C12H22O3S. The minimum atomic E-state index is -0.656. The maximum Gasteiger partial charge on any atom is 0.344 e. The van der Waals surface area contributed by atoms with Gasteiger partial charge in [-0.2, -0.15) is 0 Å². The van der Waals surface area contributed by atoms with Crippen molar-refractivity contribution in [1.82, 2.24) is 0 Å². The van der Waals surface area contributed by atoms with Crippen LogP contribution < -0.4 is 0 Å². The van der Waals surface area contributed by atoms with Crippen LogP contribution in [-0.4, -0.2) is 23.8 Å². The molecule has 0 saturated heterocycles. The summed E-state index contributed by atoms with van der Waals surface area (Å²) >= 11 is 1.04. The van der Waals surface area contributed by atoms with E-state index in [1.54, 1.807) is 13.8 Å². The van der Waals surface area contributed by atoms with Crippen molar-refractivity contribution < 1.29 is 14.6 Å². The Hall–Kier alpha value is -0.740. The van der Waals surface area contributed by atoms with E-state index in [1.165, 1.54) is 6.42 Å². The van der Waals surface area contributed by atoms with Crippen LogP contribution in [0.2, 0.25) is 0 Å². The van der Waals surface area contributed by atoms with E-state index in [1.807, 2.05) is 0 Å². The Morgan fingerprint density at radius 3 is 2.12 bits per heavy atom. The second-order valence-corrected chi connectivity index (χ2v) is 4.32. The number of carbonyl (C=O) groups is 1. The lowest BCUT2D eigenvalue weighted by atomic mass is 10.4. The molecule has 0 aromatic heterocycles. The van der Waals surface area contributed by atoms with E-state index >= 15 is 0 Å². The third-order valence-corrected chi connectivity index (χ3v) is 2.24. The molecule has 1 atom stereocenters. The van der Waals surface area contributed by atoms with Crippen molar-refractivity contribution in [2.45, 2.75) is 40.2 Å². The van der Waals surface area contributed by atoms with Gasteiger partial charge in [0.2, 0.25) is 0 Å². The predicted octanol–water partition coefficient (Wildman–Crippen LogP) is 3.11. The number of hydrogen-bond donors (Lipinski definition) is 1. The Labute approximate surface area is 103 Å². The van der Waals surface area contributed by atoms with E-state index in [4.69, 9.17) is 9.84 Å². The molecule has 0 aromatic carbocycles. The van der Waals surface area contributed by atoms with Crippen molar-refractivity contribution in [1.29, 1.82) is 0 Å². The van der Waals surface area contributed by atoms with Crippen molar-refractivity contribution in [3.63, 3.8) is 0 Å². The minimum absolute atomic E-state index is 0.243. The highest BCUT2D eigenvalue weighted by atomic mass is 32.2. The number of ether oxygens (including phenoxy) is 1. The number of rotatable bonds is 5. The summed E-state index contributed by atoms with van der Waals surface area (Å²) in [5.41, 5.74) is 0. The number of esters is 1. The number of aliphatic hydroxyl groups is 1. The highest BCUT2D eigenvalue weighted by Crippen LogP contribution is 2.25.